The van der Waals surface area contributed by atoms with Crippen LogP contribution in [0.25, 0.3) is 88.3 Å². The highest BCUT2D eigenvalue weighted by Crippen LogP contribution is 2.50. The van der Waals surface area contributed by atoms with Gasteiger partial charge in [-0.15, -0.1) is 0 Å². The molecule has 0 heteroatoms. The van der Waals surface area contributed by atoms with Gasteiger partial charge in [-0.2, -0.15) is 0 Å². The fraction of sp³-hybridized carbons (Fsp3) is 0.0417. The van der Waals surface area contributed by atoms with Gasteiger partial charge in [-0.3, -0.25) is 0 Å². The van der Waals surface area contributed by atoms with Crippen molar-refractivity contribution >= 4 is 66.0 Å². The van der Waals surface area contributed by atoms with E-state index < -0.39 is 0 Å². The minimum atomic E-state index is 0.397. The monoisotopic (exact) mass is 606 g/mol. The van der Waals surface area contributed by atoms with Crippen LogP contribution in [0.1, 0.15) is 22.6 Å². The average molecular weight is 607 g/mol. The lowest BCUT2D eigenvalue weighted by Crippen LogP contribution is -2.20. The van der Waals surface area contributed by atoms with Gasteiger partial charge in [-0.25, -0.2) is 0 Å². The molecule has 0 nitrogen and oxygen atoms in total. The van der Waals surface area contributed by atoms with E-state index in [0.717, 1.165) is 0 Å². The number of hydrogen-bond donors (Lipinski definition) is 0. The van der Waals surface area contributed by atoms with Crippen LogP contribution in [0, 0.1) is 5.92 Å². The van der Waals surface area contributed by atoms with Crippen LogP contribution in [0.3, 0.4) is 0 Å². The Labute approximate surface area is 279 Å². The van der Waals surface area contributed by atoms with Crippen molar-refractivity contribution in [1.82, 2.24) is 0 Å². The summed E-state index contributed by atoms with van der Waals surface area (Å²) in [6, 6.07) is 47.7. The van der Waals surface area contributed by atoms with Gasteiger partial charge in [0.15, 0.2) is 0 Å². The molecule has 0 radical (unpaired) electrons. The molecule has 48 heavy (non-hydrogen) atoms. The second kappa shape index (κ2) is 9.77. The van der Waals surface area contributed by atoms with Gasteiger partial charge in [0.05, 0.1) is 0 Å². The SMILES string of the molecule is C1=CC2C=Cc3ccc(-c4ccc5c6ccc(-c7ccccc7)cc6c6c7ccccc7c7ccccc7c6c5c4)c4c3C2C(=C1)C=C4. The molecular formula is C48H30. The molecule has 11 rings (SSSR count). The van der Waals surface area contributed by atoms with E-state index >= 15 is 0 Å². The summed E-state index contributed by atoms with van der Waals surface area (Å²) in [4.78, 5) is 0. The fourth-order valence-corrected chi connectivity index (χ4v) is 9.05. The van der Waals surface area contributed by atoms with Crippen LogP contribution in [0.4, 0.5) is 0 Å². The first kappa shape index (κ1) is 26.1. The molecule has 0 aliphatic heterocycles. The Kier molecular flexibility index (Phi) is 5.32. The van der Waals surface area contributed by atoms with Gasteiger partial charge in [0.2, 0.25) is 0 Å². The van der Waals surface area contributed by atoms with Crippen LogP contribution in [-0.2, 0) is 0 Å². The summed E-state index contributed by atoms with van der Waals surface area (Å²) in [7, 11) is 0. The normalized spacial score (nSPS) is 17.5. The second-order valence-corrected chi connectivity index (χ2v) is 13.6. The Morgan fingerprint density at radius 1 is 0.417 bits per heavy atom. The molecule has 0 amide bonds. The maximum absolute atomic E-state index is 2.48. The molecule has 3 aliphatic carbocycles. The van der Waals surface area contributed by atoms with Crippen LogP contribution in [0.2, 0.25) is 0 Å². The lowest BCUT2D eigenvalue weighted by molar-refractivity contribution is 0.665. The molecule has 8 aromatic rings. The zero-order valence-corrected chi connectivity index (χ0v) is 26.3. The molecule has 2 atom stereocenters. The smallest absolute Gasteiger partial charge is 0.0199 e. The average Bonchev–Trinajstić information content (AvgIpc) is 3.16. The highest BCUT2D eigenvalue weighted by molar-refractivity contribution is 6.39. The first-order chi connectivity index (χ1) is 23.8. The third-order valence-electron chi connectivity index (χ3n) is 11.2. The van der Waals surface area contributed by atoms with Crippen LogP contribution < -0.4 is 0 Å². The third kappa shape index (κ3) is 3.55. The van der Waals surface area contributed by atoms with Crippen molar-refractivity contribution in [3.8, 4) is 22.3 Å². The number of fused-ring (bicyclic) bond motifs is 11. The maximum Gasteiger partial charge on any atom is 0.0199 e. The Hall–Kier alpha value is -5.98. The van der Waals surface area contributed by atoms with Gasteiger partial charge in [-0.1, -0.05) is 158 Å². The molecule has 0 aromatic heterocycles. The number of rotatable bonds is 2. The molecular weight excluding hydrogens is 577 g/mol. The van der Waals surface area contributed by atoms with Crippen LogP contribution >= 0.6 is 0 Å². The number of hydrogen-bond acceptors (Lipinski definition) is 0. The minimum absolute atomic E-state index is 0.397. The first-order valence-corrected chi connectivity index (χ1v) is 17.0. The Morgan fingerprint density at radius 3 is 1.77 bits per heavy atom. The number of benzene rings is 8. The Morgan fingerprint density at radius 2 is 1.04 bits per heavy atom. The van der Waals surface area contributed by atoms with Gasteiger partial charge in [0.25, 0.3) is 0 Å². The highest BCUT2D eigenvalue weighted by atomic mass is 14.4. The summed E-state index contributed by atoms with van der Waals surface area (Å²) < 4.78 is 0. The lowest BCUT2D eigenvalue weighted by Gasteiger charge is -2.35. The topological polar surface area (TPSA) is 0 Å². The highest BCUT2D eigenvalue weighted by Gasteiger charge is 2.33. The van der Waals surface area contributed by atoms with Gasteiger partial charge in [0.1, 0.15) is 0 Å². The van der Waals surface area contributed by atoms with Gasteiger partial charge in [-0.05, 0) is 111 Å². The Balaban J connectivity index is 1.27. The molecule has 0 heterocycles. The second-order valence-electron chi connectivity index (χ2n) is 13.6. The minimum Gasteiger partial charge on any atom is -0.0767 e. The predicted molar refractivity (Wildman–Crippen MR) is 206 cm³/mol. The molecule has 8 aromatic carbocycles. The molecule has 0 N–H and O–H groups in total. The molecule has 0 saturated carbocycles. The summed E-state index contributed by atoms with van der Waals surface area (Å²) in [6.45, 7) is 0. The van der Waals surface area contributed by atoms with E-state index in [4.69, 9.17) is 0 Å². The van der Waals surface area contributed by atoms with Crippen molar-refractivity contribution in [2.24, 2.45) is 5.92 Å². The maximum atomic E-state index is 2.48. The van der Waals surface area contributed by atoms with E-state index in [1.807, 2.05) is 0 Å². The van der Waals surface area contributed by atoms with E-state index in [-0.39, 0.29) is 0 Å². The van der Waals surface area contributed by atoms with Crippen molar-refractivity contribution in [2.75, 3.05) is 0 Å². The van der Waals surface area contributed by atoms with Crippen molar-refractivity contribution < 1.29 is 0 Å². The Bertz CT molecular complexity index is 2820. The van der Waals surface area contributed by atoms with E-state index in [2.05, 4.69) is 170 Å². The van der Waals surface area contributed by atoms with E-state index in [0.29, 0.717) is 11.8 Å². The third-order valence-corrected chi connectivity index (χ3v) is 11.2. The largest absolute Gasteiger partial charge is 0.0767 e. The van der Waals surface area contributed by atoms with Crippen LogP contribution in [-0.4, -0.2) is 0 Å². The molecule has 0 fully saturated rings. The fourth-order valence-electron chi connectivity index (χ4n) is 9.05. The summed E-state index contributed by atoms with van der Waals surface area (Å²) in [6.07, 6.45) is 16.3. The quantitative estimate of drug-likeness (QED) is 0.172. The van der Waals surface area contributed by atoms with Crippen molar-refractivity contribution in [3.63, 3.8) is 0 Å². The summed E-state index contributed by atoms with van der Waals surface area (Å²) >= 11 is 0. The van der Waals surface area contributed by atoms with Crippen molar-refractivity contribution in [3.05, 3.63) is 180 Å². The lowest BCUT2D eigenvalue weighted by atomic mass is 9.68. The summed E-state index contributed by atoms with van der Waals surface area (Å²) in [5.74, 6) is 0.818. The molecule has 0 saturated heterocycles. The summed E-state index contributed by atoms with van der Waals surface area (Å²) in [5.41, 5.74) is 10.7. The van der Waals surface area contributed by atoms with Gasteiger partial charge >= 0.3 is 0 Å². The van der Waals surface area contributed by atoms with Gasteiger partial charge < -0.3 is 0 Å². The first-order valence-electron chi connectivity index (χ1n) is 17.0. The predicted octanol–water partition coefficient (Wildman–Crippen LogP) is 13.0. The van der Waals surface area contributed by atoms with E-state index in [1.54, 1.807) is 0 Å². The van der Waals surface area contributed by atoms with Crippen molar-refractivity contribution in [2.45, 2.75) is 5.92 Å². The molecule has 2 unspecified atom stereocenters. The molecule has 3 aliphatic rings. The standard InChI is InChI=1S/C48H30/c1-2-9-29(10-3-1)33-21-24-38-39-25-22-34(35-23-19-32-18-17-30-11-8-12-31-20-26-42(35)46(32)45(30)31)28-44(39)48-41-16-7-5-14-37(41)36-13-4-6-15-40(36)47(48)43(38)27-33/h1-28,30,45H. The molecule has 222 valence electrons. The summed E-state index contributed by atoms with van der Waals surface area (Å²) in [5, 5.41) is 13.1. The van der Waals surface area contributed by atoms with Crippen LogP contribution in [0.5, 0.6) is 0 Å². The van der Waals surface area contributed by atoms with Gasteiger partial charge in [0, 0.05) is 11.8 Å². The molecule has 0 bridgehead atoms. The zero-order valence-electron chi connectivity index (χ0n) is 26.3. The van der Waals surface area contributed by atoms with Crippen LogP contribution in [0.15, 0.2) is 163 Å². The zero-order chi connectivity index (χ0) is 31.3. The van der Waals surface area contributed by atoms with Crippen molar-refractivity contribution in [1.29, 1.82) is 0 Å². The number of allylic oxidation sites excluding steroid dienone is 6. The van der Waals surface area contributed by atoms with E-state index in [1.165, 1.54) is 98.4 Å². The van der Waals surface area contributed by atoms with E-state index in [9.17, 15) is 0 Å². The molecule has 0 spiro atoms.